The molecule has 1 atom stereocenters. The van der Waals surface area contributed by atoms with E-state index in [0.29, 0.717) is 18.5 Å². The van der Waals surface area contributed by atoms with Gasteiger partial charge < -0.3 is 4.90 Å². The molecule has 1 aromatic heterocycles. The molecule has 29 heavy (non-hydrogen) atoms. The SMILES string of the molecule is Cc1cccc(C(=O)N2CCC[C@@H]2C(=O)Nc2n[nH]c(-c3ccccc3F)n2)c1. The molecule has 2 N–H and O–H groups in total. The second-order valence-electron chi connectivity index (χ2n) is 7.00. The first-order chi connectivity index (χ1) is 14.0. The Labute approximate surface area is 167 Å². The Kier molecular flexibility index (Phi) is 5.07. The first kappa shape index (κ1) is 18.8. The third-order valence-corrected chi connectivity index (χ3v) is 4.93. The van der Waals surface area contributed by atoms with E-state index in [4.69, 9.17) is 0 Å². The second-order valence-corrected chi connectivity index (χ2v) is 7.00. The summed E-state index contributed by atoms with van der Waals surface area (Å²) in [5.41, 5.74) is 1.81. The van der Waals surface area contributed by atoms with E-state index in [-0.39, 0.29) is 29.2 Å². The van der Waals surface area contributed by atoms with E-state index in [2.05, 4.69) is 20.5 Å². The number of benzene rings is 2. The van der Waals surface area contributed by atoms with Gasteiger partial charge in [0, 0.05) is 12.1 Å². The highest BCUT2D eigenvalue weighted by atomic mass is 19.1. The van der Waals surface area contributed by atoms with Gasteiger partial charge in [0.2, 0.25) is 11.9 Å². The van der Waals surface area contributed by atoms with E-state index in [1.807, 2.05) is 25.1 Å². The Morgan fingerprint density at radius 2 is 2.03 bits per heavy atom. The minimum atomic E-state index is -0.599. The fourth-order valence-electron chi connectivity index (χ4n) is 3.51. The van der Waals surface area contributed by atoms with Gasteiger partial charge in [0.25, 0.3) is 5.91 Å². The maximum absolute atomic E-state index is 13.9. The lowest BCUT2D eigenvalue weighted by Crippen LogP contribution is -2.43. The molecule has 2 heterocycles. The zero-order valence-electron chi connectivity index (χ0n) is 15.9. The molecule has 0 aliphatic carbocycles. The van der Waals surface area contributed by atoms with Gasteiger partial charge >= 0.3 is 0 Å². The molecule has 0 saturated carbocycles. The molecule has 0 unspecified atom stereocenters. The van der Waals surface area contributed by atoms with Crippen LogP contribution in [0.4, 0.5) is 10.3 Å². The van der Waals surface area contributed by atoms with Gasteiger partial charge in [-0.05, 0) is 44.0 Å². The molecule has 1 saturated heterocycles. The molecule has 2 amide bonds. The number of aryl methyl sites for hydroxylation is 1. The number of hydrogen-bond donors (Lipinski definition) is 2. The lowest BCUT2D eigenvalue weighted by molar-refractivity contribution is -0.119. The summed E-state index contributed by atoms with van der Waals surface area (Å²) in [5, 5.41) is 9.21. The van der Waals surface area contributed by atoms with Crippen LogP contribution in [0.2, 0.25) is 0 Å². The number of likely N-dealkylation sites (tertiary alicyclic amines) is 1. The van der Waals surface area contributed by atoms with Crippen molar-refractivity contribution >= 4 is 17.8 Å². The summed E-state index contributed by atoms with van der Waals surface area (Å²) in [4.78, 5) is 31.4. The summed E-state index contributed by atoms with van der Waals surface area (Å²) in [7, 11) is 0. The van der Waals surface area contributed by atoms with Crippen molar-refractivity contribution in [3.05, 3.63) is 65.5 Å². The maximum Gasteiger partial charge on any atom is 0.254 e. The molecule has 0 bridgehead atoms. The first-order valence-electron chi connectivity index (χ1n) is 9.39. The van der Waals surface area contributed by atoms with E-state index in [1.54, 1.807) is 29.2 Å². The molecule has 0 spiro atoms. The summed E-state index contributed by atoms with van der Waals surface area (Å²) >= 11 is 0. The Balaban J connectivity index is 1.48. The standard InChI is InChI=1S/C21H20FN5O2/c1-13-6-4-7-14(12-13)20(29)27-11-5-10-17(27)19(28)24-21-23-18(25-26-21)15-8-2-3-9-16(15)22/h2-4,6-9,12,17H,5,10-11H2,1H3,(H2,23,24,25,26,28)/t17-/m1/s1. The predicted molar refractivity (Wildman–Crippen MR) is 106 cm³/mol. The largest absolute Gasteiger partial charge is 0.327 e. The summed E-state index contributed by atoms with van der Waals surface area (Å²) in [6.45, 7) is 2.43. The average Bonchev–Trinajstić information content (AvgIpc) is 3.37. The van der Waals surface area contributed by atoms with Gasteiger partial charge in [0.05, 0.1) is 5.56 Å². The Morgan fingerprint density at radius 1 is 1.21 bits per heavy atom. The molecule has 148 valence electrons. The van der Waals surface area contributed by atoms with Crippen LogP contribution in [0.15, 0.2) is 48.5 Å². The van der Waals surface area contributed by atoms with Crippen LogP contribution in [0.1, 0.15) is 28.8 Å². The number of rotatable bonds is 4. The predicted octanol–water partition coefficient (Wildman–Crippen LogP) is 3.16. The quantitative estimate of drug-likeness (QED) is 0.712. The smallest absolute Gasteiger partial charge is 0.254 e. The molecule has 3 aromatic rings. The second kappa shape index (κ2) is 7.83. The van der Waals surface area contributed by atoms with Crippen molar-refractivity contribution in [3.8, 4) is 11.4 Å². The zero-order valence-corrected chi connectivity index (χ0v) is 15.9. The van der Waals surface area contributed by atoms with Gasteiger partial charge in [-0.2, -0.15) is 4.98 Å². The number of halogens is 1. The third-order valence-electron chi connectivity index (χ3n) is 4.93. The molecule has 1 fully saturated rings. The number of carbonyl (C=O) groups excluding carboxylic acids is 2. The average molecular weight is 393 g/mol. The highest BCUT2D eigenvalue weighted by Gasteiger charge is 2.35. The van der Waals surface area contributed by atoms with E-state index in [1.165, 1.54) is 6.07 Å². The molecular weight excluding hydrogens is 373 g/mol. The van der Waals surface area contributed by atoms with Crippen LogP contribution in [0.25, 0.3) is 11.4 Å². The first-order valence-corrected chi connectivity index (χ1v) is 9.39. The Morgan fingerprint density at radius 3 is 2.83 bits per heavy atom. The minimum Gasteiger partial charge on any atom is -0.327 e. The van der Waals surface area contributed by atoms with Crippen LogP contribution in [-0.4, -0.2) is 44.5 Å². The van der Waals surface area contributed by atoms with E-state index in [9.17, 15) is 14.0 Å². The number of aromatic nitrogens is 3. The highest BCUT2D eigenvalue weighted by Crippen LogP contribution is 2.23. The zero-order chi connectivity index (χ0) is 20.4. The van der Waals surface area contributed by atoms with Gasteiger partial charge in [-0.1, -0.05) is 29.8 Å². The van der Waals surface area contributed by atoms with Gasteiger partial charge in [-0.25, -0.2) is 4.39 Å². The maximum atomic E-state index is 13.9. The molecule has 7 nitrogen and oxygen atoms in total. The van der Waals surface area contributed by atoms with Crippen molar-refractivity contribution in [2.24, 2.45) is 0 Å². The van der Waals surface area contributed by atoms with Crippen LogP contribution < -0.4 is 5.32 Å². The van der Waals surface area contributed by atoms with Crippen molar-refractivity contribution in [2.75, 3.05) is 11.9 Å². The van der Waals surface area contributed by atoms with Crippen molar-refractivity contribution in [1.82, 2.24) is 20.1 Å². The molecular formula is C21H20FN5O2. The summed E-state index contributed by atoms with van der Waals surface area (Å²) in [6, 6.07) is 12.9. The topological polar surface area (TPSA) is 91.0 Å². The van der Waals surface area contributed by atoms with Crippen molar-refractivity contribution in [2.45, 2.75) is 25.8 Å². The van der Waals surface area contributed by atoms with Crippen LogP contribution >= 0.6 is 0 Å². The minimum absolute atomic E-state index is 0.0445. The van der Waals surface area contributed by atoms with Gasteiger partial charge in [-0.3, -0.25) is 20.0 Å². The van der Waals surface area contributed by atoms with Crippen LogP contribution in [0.5, 0.6) is 0 Å². The number of H-pyrrole nitrogens is 1. The van der Waals surface area contributed by atoms with Gasteiger partial charge in [0.1, 0.15) is 11.9 Å². The number of hydrogen-bond acceptors (Lipinski definition) is 4. The van der Waals surface area contributed by atoms with Crippen LogP contribution in [0.3, 0.4) is 0 Å². The fourth-order valence-corrected chi connectivity index (χ4v) is 3.51. The summed E-state index contributed by atoms with van der Waals surface area (Å²) < 4.78 is 13.9. The molecule has 4 rings (SSSR count). The highest BCUT2D eigenvalue weighted by molar-refractivity contribution is 6.01. The third kappa shape index (κ3) is 3.87. The van der Waals surface area contributed by atoms with Crippen LogP contribution in [0, 0.1) is 12.7 Å². The Hall–Kier alpha value is -3.55. The number of amides is 2. The Bertz CT molecular complexity index is 1060. The van der Waals surface area contributed by atoms with Crippen molar-refractivity contribution in [1.29, 1.82) is 0 Å². The van der Waals surface area contributed by atoms with E-state index >= 15 is 0 Å². The monoisotopic (exact) mass is 393 g/mol. The number of nitrogens with one attached hydrogen (secondary N) is 2. The van der Waals surface area contributed by atoms with E-state index < -0.39 is 11.9 Å². The lowest BCUT2D eigenvalue weighted by atomic mass is 10.1. The molecule has 1 aliphatic rings. The van der Waals surface area contributed by atoms with Crippen LogP contribution in [-0.2, 0) is 4.79 Å². The number of aromatic amines is 1. The summed E-state index contributed by atoms with van der Waals surface area (Å²) in [6.07, 6.45) is 1.30. The fraction of sp³-hybridized carbons (Fsp3) is 0.238. The van der Waals surface area contributed by atoms with E-state index in [0.717, 1.165) is 12.0 Å². The molecule has 2 aromatic carbocycles. The number of nitrogens with zero attached hydrogens (tertiary/aromatic N) is 3. The molecule has 8 heteroatoms. The molecule has 1 aliphatic heterocycles. The van der Waals surface area contributed by atoms with Gasteiger partial charge in [0.15, 0.2) is 5.82 Å². The van der Waals surface area contributed by atoms with Gasteiger partial charge in [-0.15, -0.1) is 5.10 Å². The summed E-state index contributed by atoms with van der Waals surface area (Å²) in [5.74, 6) is -0.705. The lowest BCUT2D eigenvalue weighted by Gasteiger charge is -2.23. The van der Waals surface area contributed by atoms with Crippen molar-refractivity contribution < 1.29 is 14.0 Å². The van der Waals surface area contributed by atoms with Crippen molar-refractivity contribution in [3.63, 3.8) is 0 Å². The normalized spacial score (nSPS) is 16.1. The molecule has 0 radical (unpaired) electrons. The number of carbonyl (C=O) groups is 2. The number of anilines is 1.